The molecular formula is C12H25N3O4. The van der Waals surface area contributed by atoms with Gasteiger partial charge in [0.15, 0.2) is 0 Å². The van der Waals surface area contributed by atoms with Crippen molar-refractivity contribution in [2.24, 2.45) is 17.4 Å². The van der Waals surface area contributed by atoms with E-state index < -0.39 is 24.0 Å². The lowest BCUT2D eigenvalue weighted by molar-refractivity contribution is -0.141. The minimum absolute atomic E-state index is 0.244. The molecule has 0 aromatic rings. The lowest BCUT2D eigenvalue weighted by Crippen LogP contribution is -2.48. The van der Waals surface area contributed by atoms with E-state index in [0.29, 0.717) is 12.8 Å². The largest absolute Gasteiger partial charge is 0.480 e. The summed E-state index contributed by atoms with van der Waals surface area (Å²) in [5.41, 5.74) is 11.0. The number of carboxylic acid groups (broad SMARTS) is 2. The molecule has 7 heteroatoms. The van der Waals surface area contributed by atoms with Crippen molar-refractivity contribution in [1.82, 2.24) is 5.32 Å². The summed E-state index contributed by atoms with van der Waals surface area (Å²) in [6.45, 7) is 4.12. The maximum absolute atomic E-state index is 11.1. The summed E-state index contributed by atoms with van der Waals surface area (Å²) >= 11 is 0. The molecule has 7 N–H and O–H groups in total. The van der Waals surface area contributed by atoms with E-state index in [0.717, 1.165) is 0 Å². The summed E-state index contributed by atoms with van der Waals surface area (Å²) in [5.74, 6) is -1.74. The van der Waals surface area contributed by atoms with Gasteiger partial charge < -0.3 is 27.0 Å². The van der Waals surface area contributed by atoms with Crippen LogP contribution in [-0.4, -0.2) is 46.8 Å². The van der Waals surface area contributed by atoms with Crippen molar-refractivity contribution in [1.29, 1.82) is 0 Å². The van der Waals surface area contributed by atoms with E-state index in [9.17, 15) is 9.59 Å². The Morgan fingerprint density at radius 3 is 2.11 bits per heavy atom. The van der Waals surface area contributed by atoms with Crippen LogP contribution in [0.2, 0.25) is 0 Å². The molecule has 19 heavy (non-hydrogen) atoms. The first-order valence-corrected chi connectivity index (χ1v) is 6.45. The van der Waals surface area contributed by atoms with E-state index in [1.807, 2.05) is 13.8 Å². The molecule has 0 radical (unpaired) electrons. The molecule has 0 aromatic heterocycles. The Kier molecular flexibility index (Phi) is 8.29. The van der Waals surface area contributed by atoms with Gasteiger partial charge in [-0.15, -0.1) is 0 Å². The number of hydrogen-bond donors (Lipinski definition) is 5. The fraction of sp³-hybridized carbons (Fsp3) is 0.833. The summed E-state index contributed by atoms with van der Waals surface area (Å²) < 4.78 is 0. The highest BCUT2D eigenvalue weighted by Gasteiger charge is 2.23. The van der Waals surface area contributed by atoms with Gasteiger partial charge in [0.05, 0.1) is 0 Å². The number of hydrogen-bond acceptors (Lipinski definition) is 5. The Hall–Kier alpha value is -1.18. The maximum atomic E-state index is 11.1. The quantitative estimate of drug-likeness (QED) is 0.365. The third-order valence-electron chi connectivity index (χ3n) is 2.87. The van der Waals surface area contributed by atoms with Gasteiger partial charge in [-0.25, -0.2) is 0 Å². The molecule has 112 valence electrons. The Balaban J connectivity index is 4.34. The van der Waals surface area contributed by atoms with E-state index in [1.54, 1.807) is 0 Å². The molecule has 0 fully saturated rings. The molecule has 0 bridgehead atoms. The summed E-state index contributed by atoms with van der Waals surface area (Å²) in [5, 5.41) is 20.8. The molecule has 0 aliphatic rings. The average Bonchev–Trinajstić information content (AvgIpc) is 2.31. The third-order valence-corrected chi connectivity index (χ3v) is 2.87. The van der Waals surface area contributed by atoms with Gasteiger partial charge >= 0.3 is 11.9 Å². The van der Waals surface area contributed by atoms with Gasteiger partial charge in [0, 0.05) is 12.6 Å². The molecule has 0 amide bonds. The second kappa shape index (κ2) is 8.84. The summed E-state index contributed by atoms with van der Waals surface area (Å²) in [6.07, 6.45) is 1.20. The van der Waals surface area contributed by atoms with Crippen molar-refractivity contribution in [3.8, 4) is 0 Å². The number of nitrogens with one attached hydrogen (secondary N) is 1. The van der Waals surface area contributed by atoms with Gasteiger partial charge in [0.25, 0.3) is 0 Å². The van der Waals surface area contributed by atoms with Gasteiger partial charge in [-0.3, -0.25) is 9.59 Å². The zero-order valence-electron chi connectivity index (χ0n) is 11.5. The summed E-state index contributed by atoms with van der Waals surface area (Å²) in [6, 6.07) is -1.86. The van der Waals surface area contributed by atoms with Crippen molar-refractivity contribution in [2.45, 2.75) is 51.2 Å². The fourth-order valence-corrected chi connectivity index (χ4v) is 1.77. The first-order chi connectivity index (χ1) is 8.77. The van der Waals surface area contributed by atoms with Gasteiger partial charge in [0.2, 0.25) is 0 Å². The average molecular weight is 275 g/mol. The van der Waals surface area contributed by atoms with Gasteiger partial charge in [-0.05, 0) is 25.2 Å². The van der Waals surface area contributed by atoms with Gasteiger partial charge in [0.1, 0.15) is 12.1 Å². The smallest absolute Gasteiger partial charge is 0.320 e. The third kappa shape index (κ3) is 7.76. The van der Waals surface area contributed by atoms with Crippen LogP contribution in [0.4, 0.5) is 0 Å². The second-order valence-corrected chi connectivity index (χ2v) is 5.14. The minimum atomic E-state index is -1.06. The Bertz CT molecular complexity index is 297. The lowest BCUT2D eigenvalue weighted by Gasteiger charge is -2.24. The molecule has 0 aromatic carbocycles. The van der Waals surface area contributed by atoms with Crippen molar-refractivity contribution < 1.29 is 19.8 Å². The van der Waals surface area contributed by atoms with Crippen LogP contribution in [0.25, 0.3) is 0 Å². The molecule has 0 aliphatic heterocycles. The van der Waals surface area contributed by atoms with E-state index in [4.69, 9.17) is 21.7 Å². The maximum Gasteiger partial charge on any atom is 0.320 e. The van der Waals surface area contributed by atoms with E-state index in [1.165, 1.54) is 0 Å². The SMILES string of the molecule is CC(C)C[C@H](NC(CN)CC[C@H](N)C(=O)O)C(=O)O. The van der Waals surface area contributed by atoms with Crippen LogP contribution < -0.4 is 16.8 Å². The molecule has 7 nitrogen and oxygen atoms in total. The van der Waals surface area contributed by atoms with Crippen LogP contribution in [-0.2, 0) is 9.59 Å². The molecule has 0 saturated carbocycles. The molecule has 1 unspecified atom stereocenters. The standard InChI is InChI=1S/C12H25N3O4/c1-7(2)5-10(12(18)19)15-8(6-13)3-4-9(14)11(16)17/h7-10,15H,3-6,13-14H2,1-2H3,(H,16,17)(H,18,19)/t8?,9-,10-/m0/s1. The van der Waals surface area contributed by atoms with Crippen molar-refractivity contribution in [2.75, 3.05) is 6.54 Å². The van der Waals surface area contributed by atoms with Gasteiger partial charge in [-0.1, -0.05) is 13.8 Å². The molecule has 0 spiro atoms. The highest BCUT2D eigenvalue weighted by atomic mass is 16.4. The van der Waals surface area contributed by atoms with Crippen molar-refractivity contribution in [3.63, 3.8) is 0 Å². The molecule has 0 aliphatic carbocycles. The molecule has 3 atom stereocenters. The highest BCUT2D eigenvalue weighted by molar-refractivity contribution is 5.73. The Morgan fingerprint density at radius 2 is 1.74 bits per heavy atom. The predicted molar refractivity (Wildman–Crippen MR) is 71.7 cm³/mol. The summed E-state index contributed by atoms with van der Waals surface area (Å²) in [7, 11) is 0. The van der Waals surface area contributed by atoms with E-state index in [-0.39, 0.29) is 24.9 Å². The molecular weight excluding hydrogens is 250 g/mol. The minimum Gasteiger partial charge on any atom is -0.480 e. The monoisotopic (exact) mass is 275 g/mol. The lowest BCUT2D eigenvalue weighted by atomic mass is 10.0. The molecule has 0 rings (SSSR count). The number of aliphatic carboxylic acids is 2. The molecule has 0 heterocycles. The van der Waals surface area contributed by atoms with Crippen molar-refractivity contribution >= 4 is 11.9 Å². The van der Waals surface area contributed by atoms with Crippen molar-refractivity contribution in [3.05, 3.63) is 0 Å². The van der Waals surface area contributed by atoms with Gasteiger partial charge in [-0.2, -0.15) is 0 Å². The van der Waals surface area contributed by atoms with Crippen LogP contribution in [0, 0.1) is 5.92 Å². The van der Waals surface area contributed by atoms with Crippen LogP contribution in [0.1, 0.15) is 33.1 Å². The zero-order valence-corrected chi connectivity index (χ0v) is 11.5. The number of carbonyl (C=O) groups is 2. The second-order valence-electron chi connectivity index (χ2n) is 5.14. The van der Waals surface area contributed by atoms with Crippen LogP contribution >= 0.6 is 0 Å². The zero-order chi connectivity index (χ0) is 15.0. The summed E-state index contributed by atoms with van der Waals surface area (Å²) in [4.78, 5) is 21.7. The first-order valence-electron chi connectivity index (χ1n) is 6.45. The first kappa shape index (κ1) is 17.8. The number of rotatable bonds is 10. The van der Waals surface area contributed by atoms with E-state index >= 15 is 0 Å². The number of nitrogens with two attached hydrogens (primary N) is 2. The molecule has 0 saturated heterocycles. The fourth-order valence-electron chi connectivity index (χ4n) is 1.77. The topological polar surface area (TPSA) is 139 Å². The predicted octanol–water partition coefficient (Wildman–Crippen LogP) is -0.405. The van der Waals surface area contributed by atoms with Crippen LogP contribution in [0.15, 0.2) is 0 Å². The Morgan fingerprint density at radius 1 is 1.16 bits per heavy atom. The highest BCUT2D eigenvalue weighted by Crippen LogP contribution is 2.08. The number of carboxylic acids is 2. The van der Waals surface area contributed by atoms with Crippen LogP contribution in [0.5, 0.6) is 0 Å². The normalized spacial score (nSPS) is 16.1. The Labute approximate surface area is 113 Å². The van der Waals surface area contributed by atoms with E-state index in [2.05, 4.69) is 5.32 Å². The van der Waals surface area contributed by atoms with Crippen LogP contribution in [0.3, 0.4) is 0 Å².